The number of fused-ring (bicyclic) bond motifs is 3. The first-order valence-corrected chi connectivity index (χ1v) is 11.6. The molecule has 0 N–H and O–H groups in total. The van der Waals surface area contributed by atoms with Gasteiger partial charge in [0.2, 0.25) is 0 Å². The van der Waals surface area contributed by atoms with Crippen molar-refractivity contribution in [3.05, 3.63) is 77.3 Å². The third-order valence-corrected chi connectivity index (χ3v) is 9.18. The molecule has 0 fully saturated rings. The minimum atomic E-state index is 1.05. The SMILES string of the molecule is C=Cc1cc2sc(-c3sc4cc5ccccc5cc4c3S)c(Br)c2cc1C=C. The van der Waals surface area contributed by atoms with Gasteiger partial charge in [-0.25, -0.2) is 0 Å². The van der Waals surface area contributed by atoms with Crippen molar-refractivity contribution in [2.75, 3.05) is 0 Å². The minimum Gasteiger partial charge on any atom is -0.141 e. The Morgan fingerprint density at radius 2 is 1.39 bits per heavy atom. The van der Waals surface area contributed by atoms with Gasteiger partial charge in [0.05, 0.1) is 9.75 Å². The molecule has 136 valence electrons. The fourth-order valence-electron chi connectivity index (χ4n) is 3.57. The minimum absolute atomic E-state index is 1.05. The van der Waals surface area contributed by atoms with Crippen molar-refractivity contribution in [1.82, 2.24) is 0 Å². The molecule has 0 aliphatic carbocycles. The molecule has 0 radical (unpaired) electrons. The van der Waals surface area contributed by atoms with Gasteiger partial charge in [0, 0.05) is 29.5 Å². The molecule has 0 bridgehead atoms. The Balaban J connectivity index is 1.79. The van der Waals surface area contributed by atoms with E-state index in [2.05, 4.69) is 77.6 Å². The quantitative estimate of drug-likeness (QED) is 0.245. The van der Waals surface area contributed by atoms with Gasteiger partial charge >= 0.3 is 0 Å². The molecule has 5 aromatic rings. The van der Waals surface area contributed by atoms with E-state index in [-0.39, 0.29) is 0 Å². The molecule has 0 saturated heterocycles. The molecule has 28 heavy (non-hydrogen) atoms. The molecule has 2 aromatic heterocycles. The Morgan fingerprint density at radius 1 is 0.786 bits per heavy atom. The summed E-state index contributed by atoms with van der Waals surface area (Å²) in [6.45, 7) is 7.88. The van der Waals surface area contributed by atoms with E-state index in [4.69, 9.17) is 12.6 Å². The van der Waals surface area contributed by atoms with Crippen molar-refractivity contribution < 1.29 is 0 Å². The van der Waals surface area contributed by atoms with E-state index < -0.39 is 0 Å². The maximum absolute atomic E-state index is 4.92. The molecule has 0 aliphatic heterocycles. The van der Waals surface area contributed by atoms with Crippen molar-refractivity contribution in [2.24, 2.45) is 0 Å². The van der Waals surface area contributed by atoms with Crippen LogP contribution in [0.4, 0.5) is 0 Å². The van der Waals surface area contributed by atoms with Crippen molar-refractivity contribution in [3.63, 3.8) is 0 Å². The summed E-state index contributed by atoms with van der Waals surface area (Å²) in [4.78, 5) is 3.48. The first-order valence-electron chi connectivity index (χ1n) is 8.76. The topological polar surface area (TPSA) is 0 Å². The fraction of sp³-hybridized carbons (Fsp3) is 0. The van der Waals surface area contributed by atoms with E-state index in [1.165, 1.54) is 40.7 Å². The molecule has 0 aliphatic rings. The van der Waals surface area contributed by atoms with Gasteiger partial charge in [-0.15, -0.1) is 35.3 Å². The van der Waals surface area contributed by atoms with Crippen LogP contribution in [0.15, 0.2) is 71.1 Å². The predicted octanol–water partition coefficient (Wildman–Crippen LogP) is 9.27. The lowest BCUT2D eigenvalue weighted by Gasteiger charge is -2.01. The van der Waals surface area contributed by atoms with Gasteiger partial charge in [0.25, 0.3) is 0 Å². The van der Waals surface area contributed by atoms with Gasteiger partial charge in [-0.1, -0.05) is 49.6 Å². The number of benzene rings is 3. The number of halogens is 1. The van der Waals surface area contributed by atoms with E-state index in [1.54, 1.807) is 22.7 Å². The summed E-state index contributed by atoms with van der Waals surface area (Å²) >= 11 is 12.4. The second kappa shape index (κ2) is 6.89. The highest BCUT2D eigenvalue weighted by atomic mass is 79.9. The van der Waals surface area contributed by atoms with E-state index in [9.17, 15) is 0 Å². The standard InChI is InChI=1S/C24H15BrS3/c1-3-13-9-17-19(11-14(13)4-2)27-23(21(17)25)24-22(26)18-10-15-7-5-6-8-16(15)12-20(18)28-24/h3-12,26H,1-2H2. The third-order valence-electron chi connectivity index (χ3n) is 5.01. The first kappa shape index (κ1) is 18.2. The Kier molecular flexibility index (Phi) is 4.48. The Hall–Kier alpha value is -1.85. The predicted molar refractivity (Wildman–Crippen MR) is 135 cm³/mol. The molecular formula is C24H15BrS3. The second-order valence-corrected chi connectivity index (χ2v) is 9.95. The lowest BCUT2D eigenvalue weighted by molar-refractivity contribution is 1.67. The molecule has 2 heterocycles. The number of hydrogen-bond donors (Lipinski definition) is 1. The molecule has 3 aromatic carbocycles. The number of rotatable bonds is 3. The van der Waals surface area contributed by atoms with Crippen LogP contribution in [0, 0.1) is 0 Å². The molecule has 0 spiro atoms. The Morgan fingerprint density at radius 3 is 2.11 bits per heavy atom. The van der Waals surface area contributed by atoms with Crippen molar-refractivity contribution >= 4 is 94.3 Å². The summed E-state index contributed by atoms with van der Waals surface area (Å²) in [6, 6.07) is 17.4. The first-order chi connectivity index (χ1) is 13.6. The normalized spacial score (nSPS) is 11.5. The Labute approximate surface area is 185 Å². The van der Waals surface area contributed by atoms with Crippen molar-refractivity contribution in [1.29, 1.82) is 0 Å². The van der Waals surface area contributed by atoms with E-state index in [0.29, 0.717) is 0 Å². The lowest BCUT2D eigenvalue weighted by atomic mass is 10.1. The molecule has 5 rings (SSSR count). The van der Waals surface area contributed by atoms with Gasteiger partial charge in [-0.05, 0) is 62.1 Å². The summed E-state index contributed by atoms with van der Waals surface area (Å²) in [7, 11) is 0. The lowest BCUT2D eigenvalue weighted by Crippen LogP contribution is -1.79. The zero-order valence-corrected chi connectivity index (χ0v) is 18.9. The van der Waals surface area contributed by atoms with Gasteiger partial charge in [-0.2, -0.15) is 0 Å². The maximum atomic E-state index is 4.92. The van der Waals surface area contributed by atoms with Crippen molar-refractivity contribution in [2.45, 2.75) is 4.90 Å². The summed E-state index contributed by atoms with van der Waals surface area (Å²) in [5.41, 5.74) is 2.21. The maximum Gasteiger partial charge on any atom is 0.0609 e. The van der Waals surface area contributed by atoms with Crippen LogP contribution in [0.2, 0.25) is 0 Å². The van der Waals surface area contributed by atoms with E-state index in [0.717, 1.165) is 20.5 Å². The largest absolute Gasteiger partial charge is 0.141 e. The van der Waals surface area contributed by atoms with Crippen LogP contribution in [0.25, 0.3) is 52.9 Å². The second-order valence-electron chi connectivity index (χ2n) is 6.61. The van der Waals surface area contributed by atoms with Gasteiger partial charge in [-0.3, -0.25) is 0 Å². The highest BCUT2D eigenvalue weighted by Gasteiger charge is 2.19. The molecule has 0 saturated carbocycles. The number of thiophene rings is 2. The fourth-order valence-corrected chi connectivity index (χ4v) is 7.58. The van der Waals surface area contributed by atoms with E-state index >= 15 is 0 Å². The average molecular weight is 479 g/mol. The van der Waals surface area contributed by atoms with Crippen LogP contribution in [0.3, 0.4) is 0 Å². The third kappa shape index (κ3) is 2.71. The van der Waals surface area contributed by atoms with Crippen LogP contribution >= 0.6 is 51.2 Å². The zero-order chi connectivity index (χ0) is 19.4. The average Bonchev–Trinajstić information content (AvgIpc) is 3.21. The number of thiol groups is 1. The van der Waals surface area contributed by atoms with Gasteiger partial charge in [0.1, 0.15) is 0 Å². The summed E-state index contributed by atoms with van der Waals surface area (Å²) in [5.74, 6) is 0. The molecule has 4 heteroatoms. The van der Waals surface area contributed by atoms with Gasteiger partial charge in [0.15, 0.2) is 0 Å². The summed E-state index contributed by atoms with van der Waals surface area (Å²) in [5, 5.41) is 4.93. The van der Waals surface area contributed by atoms with Crippen LogP contribution in [-0.2, 0) is 0 Å². The van der Waals surface area contributed by atoms with Crippen LogP contribution < -0.4 is 0 Å². The summed E-state index contributed by atoms with van der Waals surface area (Å²) in [6.07, 6.45) is 3.77. The van der Waals surface area contributed by atoms with Crippen LogP contribution in [-0.4, -0.2) is 0 Å². The molecular weight excluding hydrogens is 464 g/mol. The smallest absolute Gasteiger partial charge is 0.0609 e. The zero-order valence-electron chi connectivity index (χ0n) is 14.8. The molecule has 0 nitrogen and oxygen atoms in total. The van der Waals surface area contributed by atoms with Crippen LogP contribution in [0.5, 0.6) is 0 Å². The number of hydrogen-bond acceptors (Lipinski definition) is 3. The van der Waals surface area contributed by atoms with Crippen molar-refractivity contribution in [3.8, 4) is 9.75 Å². The highest BCUT2D eigenvalue weighted by molar-refractivity contribution is 9.10. The van der Waals surface area contributed by atoms with Crippen LogP contribution in [0.1, 0.15) is 11.1 Å². The monoisotopic (exact) mass is 478 g/mol. The van der Waals surface area contributed by atoms with Gasteiger partial charge < -0.3 is 0 Å². The molecule has 0 unspecified atom stereocenters. The highest BCUT2D eigenvalue weighted by Crippen LogP contribution is 2.50. The Bertz CT molecular complexity index is 1420. The molecule has 0 amide bonds. The summed E-state index contributed by atoms with van der Waals surface area (Å²) < 4.78 is 3.62. The molecule has 0 atom stereocenters. The van der Waals surface area contributed by atoms with E-state index in [1.807, 2.05) is 12.2 Å².